The summed E-state index contributed by atoms with van der Waals surface area (Å²) in [5.41, 5.74) is 0.749. The van der Waals surface area contributed by atoms with E-state index in [9.17, 15) is 4.79 Å². The lowest BCUT2D eigenvalue weighted by Crippen LogP contribution is -2.40. The fourth-order valence-corrected chi connectivity index (χ4v) is 2.61. The number of amides is 1. The lowest BCUT2D eigenvalue weighted by molar-refractivity contribution is 0.0158. The first-order chi connectivity index (χ1) is 8.88. The SMILES string of the molecule is CC1CCC(c2ccccc2)N1C(=O)OC(C)(C)C. The van der Waals surface area contributed by atoms with E-state index in [1.165, 1.54) is 5.56 Å². The highest BCUT2D eigenvalue weighted by Gasteiger charge is 2.37. The Morgan fingerprint density at radius 2 is 1.84 bits per heavy atom. The molecule has 0 aromatic heterocycles. The molecular formula is C16H23NO2. The summed E-state index contributed by atoms with van der Waals surface area (Å²) in [5.74, 6) is 0. The molecule has 1 saturated heterocycles. The topological polar surface area (TPSA) is 29.5 Å². The maximum atomic E-state index is 12.4. The molecule has 0 radical (unpaired) electrons. The van der Waals surface area contributed by atoms with Gasteiger partial charge in [-0.05, 0) is 46.1 Å². The standard InChI is InChI=1S/C16H23NO2/c1-12-10-11-14(13-8-6-5-7-9-13)17(12)15(18)19-16(2,3)4/h5-9,12,14H,10-11H2,1-4H3. The second-order valence-electron chi connectivity index (χ2n) is 6.24. The molecule has 0 N–H and O–H groups in total. The zero-order valence-corrected chi connectivity index (χ0v) is 12.2. The van der Waals surface area contributed by atoms with Crippen LogP contribution in [0, 0.1) is 0 Å². The maximum Gasteiger partial charge on any atom is 0.411 e. The van der Waals surface area contributed by atoms with E-state index in [0.717, 1.165) is 12.8 Å². The van der Waals surface area contributed by atoms with Crippen LogP contribution >= 0.6 is 0 Å². The Bertz CT molecular complexity index is 436. The lowest BCUT2D eigenvalue weighted by atomic mass is 10.1. The van der Waals surface area contributed by atoms with E-state index in [2.05, 4.69) is 19.1 Å². The fourth-order valence-electron chi connectivity index (χ4n) is 2.61. The second-order valence-corrected chi connectivity index (χ2v) is 6.24. The summed E-state index contributed by atoms with van der Waals surface area (Å²) in [6.45, 7) is 7.81. The van der Waals surface area contributed by atoms with Gasteiger partial charge in [0, 0.05) is 6.04 Å². The van der Waals surface area contributed by atoms with Crippen LogP contribution in [0.3, 0.4) is 0 Å². The van der Waals surface area contributed by atoms with Crippen LogP contribution in [0.5, 0.6) is 0 Å². The molecule has 0 saturated carbocycles. The number of ether oxygens (including phenoxy) is 1. The molecule has 3 nitrogen and oxygen atoms in total. The summed E-state index contributed by atoms with van der Waals surface area (Å²) in [6.07, 6.45) is 1.83. The number of benzene rings is 1. The van der Waals surface area contributed by atoms with Crippen molar-refractivity contribution < 1.29 is 9.53 Å². The molecule has 104 valence electrons. The molecule has 1 aromatic carbocycles. The first kappa shape index (κ1) is 13.9. The van der Waals surface area contributed by atoms with Crippen molar-refractivity contribution in [2.75, 3.05) is 0 Å². The van der Waals surface area contributed by atoms with Gasteiger partial charge in [-0.1, -0.05) is 30.3 Å². The summed E-state index contributed by atoms with van der Waals surface area (Å²) in [6, 6.07) is 10.6. The predicted molar refractivity (Wildman–Crippen MR) is 76.0 cm³/mol. The molecule has 3 heteroatoms. The molecule has 0 aliphatic carbocycles. The van der Waals surface area contributed by atoms with Crippen molar-refractivity contribution in [3.63, 3.8) is 0 Å². The van der Waals surface area contributed by atoms with Gasteiger partial charge in [0.15, 0.2) is 0 Å². The normalized spacial score (nSPS) is 23.5. The van der Waals surface area contributed by atoms with Gasteiger partial charge in [-0.3, -0.25) is 4.90 Å². The van der Waals surface area contributed by atoms with E-state index in [0.29, 0.717) is 0 Å². The van der Waals surface area contributed by atoms with Crippen LogP contribution in [0.25, 0.3) is 0 Å². The van der Waals surface area contributed by atoms with Gasteiger partial charge in [-0.2, -0.15) is 0 Å². The Morgan fingerprint density at radius 3 is 2.42 bits per heavy atom. The van der Waals surface area contributed by atoms with Gasteiger partial charge in [0.1, 0.15) is 5.60 Å². The third-order valence-electron chi connectivity index (χ3n) is 3.46. The minimum atomic E-state index is -0.444. The third kappa shape index (κ3) is 3.28. The molecule has 1 heterocycles. The smallest absolute Gasteiger partial charge is 0.411 e. The number of nitrogens with zero attached hydrogens (tertiary/aromatic N) is 1. The summed E-state index contributed by atoms with van der Waals surface area (Å²) in [4.78, 5) is 14.2. The second kappa shape index (κ2) is 5.24. The highest BCUT2D eigenvalue weighted by Crippen LogP contribution is 2.36. The minimum absolute atomic E-state index is 0.144. The molecule has 1 aromatic rings. The minimum Gasteiger partial charge on any atom is -0.444 e. The first-order valence-corrected chi connectivity index (χ1v) is 6.95. The van der Waals surface area contributed by atoms with Crippen LogP contribution < -0.4 is 0 Å². The molecule has 1 aliphatic rings. The number of hydrogen-bond donors (Lipinski definition) is 0. The lowest BCUT2D eigenvalue weighted by Gasteiger charge is -2.31. The predicted octanol–water partition coefficient (Wildman–Crippen LogP) is 4.15. The van der Waals surface area contributed by atoms with E-state index >= 15 is 0 Å². The molecule has 1 fully saturated rings. The van der Waals surface area contributed by atoms with Crippen molar-refractivity contribution in [1.82, 2.24) is 4.90 Å². The zero-order valence-electron chi connectivity index (χ0n) is 12.2. The monoisotopic (exact) mass is 261 g/mol. The Labute approximate surface area is 115 Å². The van der Waals surface area contributed by atoms with Crippen molar-refractivity contribution in [3.8, 4) is 0 Å². The zero-order chi connectivity index (χ0) is 14.0. The van der Waals surface area contributed by atoms with Crippen molar-refractivity contribution in [1.29, 1.82) is 0 Å². The number of rotatable bonds is 1. The number of likely N-dealkylation sites (tertiary alicyclic amines) is 1. The third-order valence-corrected chi connectivity index (χ3v) is 3.46. The quantitative estimate of drug-likeness (QED) is 0.760. The van der Waals surface area contributed by atoms with Gasteiger partial charge in [0.2, 0.25) is 0 Å². The summed E-state index contributed by atoms with van der Waals surface area (Å²) in [5, 5.41) is 0. The molecule has 2 unspecified atom stereocenters. The first-order valence-electron chi connectivity index (χ1n) is 6.95. The molecular weight excluding hydrogens is 238 g/mol. The van der Waals surface area contributed by atoms with Gasteiger partial charge >= 0.3 is 6.09 Å². The van der Waals surface area contributed by atoms with Crippen molar-refractivity contribution >= 4 is 6.09 Å². The van der Waals surface area contributed by atoms with E-state index in [1.807, 2.05) is 43.9 Å². The molecule has 0 spiro atoms. The van der Waals surface area contributed by atoms with Gasteiger partial charge in [-0.25, -0.2) is 4.79 Å². The van der Waals surface area contributed by atoms with Crippen LogP contribution in [0.2, 0.25) is 0 Å². The van der Waals surface area contributed by atoms with Crippen LogP contribution in [0.15, 0.2) is 30.3 Å². The maximum absolute atomic E-state index is 12.4. The van der Waals surface area contributed by atoms with Crippen molar-refractivity contribution in [2.45, 2.75) is 58.2 Å². The van der Waals surface area contributed by atoms with Gasteiger partial charge < -0.3 is 4.74 Å². The molecule has 19 heavy (non-hydrogen) atoms. The Balaban J connectivity index is 2.19. The molecule has 0 bridgehead atoms. The number of carbonyl (C=O) groups excluding carboxylic acids is 1. The van der Waals surface area contributed by atoms with Crippen LogP contribution in [-0.4, -0.2) is 22.6 Å². The van der Waals surface area contributed by atoms with Gasteiger partial charge in [0.05, 0.1) is 6.04 Å². The summed E-state index contributed by atoms with van der Waals surface area (Å²) < 4.78 is 5.53. The molecule has 1 aliphatic heterocycles. The number of hydrogen-bond acceptors (Lipinski definition) is 2. The van der Waals surface area contributed by atoms with E-state index in [1.54, 1.807) is 0 Å². The van der Waals surface area contributed by atoms with Crippen molar-refractivity contribution in [3.05, 3.63) is 35.9 Å². The van der Waals surface area contributed by atoms with E-state index in [-0.39, 0.29) is 18.2 Å². The van der Waals surface area contributed by atoms with Gasteiger partial charge in [-0.15, -0.1) is 0 Å². The van der Waals surface area contributed by atoms with Crippen LogP contribution in [0.4, 0.5) is 4.79 Å². The molecule has 2 atom stereocenters. The van der Waals surface area contributed by atoms with E-state index in [4.69, 9.17) is 4.74 Å². The molecule has 1 amide bonds. The highest BCUT2D eigenvalue weighted by molar-refractivity contribution is 5.69. The van der Waals surface area contributed by atoms with E-state index < -0.39 is 5.60 Å². The largest absolute Gasteiger partial charge is 0.444 e. The Kier molecular flexibility index (Phi) is 3.83. The van der Waals surface area contributed by atoms with Crippen LogP contribution in [0.1, 0.15) is 52.1 Å². The fraction of sp³-hybridized carbons (Fsp3) is 0.562. The Morgan fingerprint density at radius 1 is 1.21 bits per heavy atom. The molecule has 2 rings (SSSR count). The van der Waals surface area contributed by atoms with Crippen molar-refractivity contribution in [2.24, 2.45) is 0 Å². The van der Waals surface area contributed by atoms with Crippen LogP contribution in [-0.2, 0) is 4.74 Å². The highest BCUT2D eigenvalue weighted by atomic mass is 16.6. The Hall–Kier alpha value is -1.51. The summed E-state index contributed by atoms with van der Waals surface area (Å²) in [7, 11) is 0. The average molecular weight is 261 g/mol. The van der Waals surface area contributed by atoms with Gasteiger partial charge in [0.25, 0.3) is 0 Å². The summed E-state index contributed by atoms with van der Waals surface area (Å²) >= 11 is 0. The average Bonchev–Trinajstić information content (AvgIpc) is 2.70. The number of carbonyl (C=O) groups is 1.